The molecule has 1 aromatic rings. The molecule has 0 bridgehead atoms. The molecular weight excluding hydrogens is 264 g/mol. The van der Waals surface area contributed by atoms with E-state index in [1.54, 1.807) is 0 Å². The third-order valence-corrected chi connectivity index (χ3v) is 3.87. The van der Waals surface area contributed by atoms with Crippen molar-refractivity contribution in [3.05, 3.63) is 35.9 Å². The van der Waals surface area contributed by atoms with Gasteiger partial charge in [0.2, 0.25) is 11.8 Å². The van der Waals surface area contributed by atoms with E-state index in [2.05, 4.69) is 18.7 Å². The number of carbonyl (C=O) groups is 2. The standard InChI is InChI=1S/C17H24N2O2/c1-3-10-18(11-4-2)15-12-16(20)19(17(15)21)13-14-8-6-5-7-9-14/h5-9,15H,3-4,10-13H2,1-2H3/t15-/m1/s1. The summed E-state index contributed by atoms with van der Waals surface area (Å²) < 4.78 is 0. The predicted octanol–water partition coefficient (Wildman–Crippen LogP) is 2.44. The molecule has 0 spiro atoms. The third-order valence-electron chi connectivity index (χ3n) is 3.87. The summed E-state index contributed by atoms with van der Waals surface area (Å²) in [4.78, 5) is 28.3. The number of likely N-dealkylation sites (tertiary alicyclic amines) is 1. The lowest BCUT2D eigenvalue weighted by atomic mass is 10.2. The Kier molecular flexibility index (Phi) is 5.51. The fraction of sp³-hybridized carbons (Fsp3) is 0.529. The summed E-state index contributed by atoms with van der Waals surface area (Å²) in [6.45, 7) is 6.34. The van der Waals surface area contributed by atoms with Gasteiger partial charge in [-0.1, -0.05) is 44.2 Å². The third kappa shape index (κ3) is 3.70. The van der Waals surface area contributed by atoms with Gasteiger partial charge in [0.1, 0.15) is 0 Å². The molecule has 0 aliphatic carbocycles. The summed E-state index contributed by atoms with van der Waals surface area (Å²) in [7, 11) is 0. The van der Waals surface area contributed by atoms with Crippen LogP contribution in [0.4, 0.5) is 0 Å². The maximum Gasteiger partial charge on any atom is 0.247 e. The van der Waals surface area contributed by atoms with E-state index in [9.17, 15) is 9.59 Å². The molecule has 0 aromatic heterocycles. The zero-order chi connectivity index (χ0) is 15.2. The van der Waals surface area contributed by atoms with E-state index in [0.717, 1.165) is 31.5 Å². The van der Waals surface area contributed by atoms with Crippen LogP contribution in [0.15, 0.2) is 30.3 Å². The molecule has 1 fully saturated rings. The van der Waals surface area contributed by atoms with Crippen molar-refractivity contribution in [2.75, 3.05) is 13.1 Å². The summed E-state index contributed by atoms with van der Waals surface area (Å²) in [5.74, 6) is -0.0863. The van der Waals surface area contributed by atoms with Gasteiger partial charge < -0.3 is 0 Å². The van der Waals surface area contributed by atoms with E-state index in [1.807, 2.05) is 30.3 Å². The number of nitrogens with zero attached hydrogens (tertiary/aromatic N) is 2. The molecule has 1 saturated heterocycles. The van der Waals surface area contributed by atoms with E-state index >= 15 is 0 Å². The molecule has 0 radical (unpaired) electrons. The lowest BCUT2D eigenvalue weighted by Gasteiger charge is -2.26. The second-order valence-corrected chi connectivity index (χ2v) is 5.56. The quantitative estimate of drug-likeness (QED) is 0.724. The second-order valence-electron chi connectivity index (χ2n) is 5.56. The fourth-order valence-corrected chi connectivity index (χ4v) is 2.88. The Morgan fingerprint density at radius 2 is 1.71 bits per heavy atom. The van der Waals surface area contributed by atoms with Gasteiger partial charge in [-0.25, -0.2) is 0 Å². The molecule has 0 saturated carbocycles. The molecule has 2 rings (SSSR count). The molecule has 114 valence electrons. The average Bonchev–Trinajstić information content (AvgIpc) is 2.76. The minimum Gasteiger partial charge on any atom is -0.292 e. The van der Waals surface area contributed by atoms with Crippen LogP contribution in [0.5, 0.6) is 0 Å². The van der Waals surface area contributed by atoms with Gasteiger partial charge in [-0.05, 0) is 31.5 Å². The molecule has 4 heteroatoms. The number of rotatable bonds is 7. The van der Waals surface area contributed by atoms with Crippen LogP contribution in [-0.2, 0) is 16.1 Å². The number of amides is 2. The molecular formula is C17H24N2O2. The highest BCUT2D eigenvalue weighted by Gasteiger charge is 2.41. The Morgan fingerprint density at radius 1 is 1.10 bits per heavy atom. The lowest BCUT2D eigenvalue weighted by molar-refractivity contribution is -0.140. The minimum absolute atomic E-state index is 0.0363. The number of hydrogen-bond acceptors (Lipinski definition) is 3. The number of hydrogen-bond donors (Lipinski definition) is 0. The van der Waals surface area contributed by atoms with Gasteiger partial charge in [-0.2, -0.15) is 0 Å². The molecule has 1 aliphatic heterocycles. The van der Waals surface area contributed by atoms with Gasteiger partial charge in [0.25, 0.3) is 0 Å². The van der Waals surface area contributed by atoms with Gasteiger partial charge in [0, 0.05) is 0 Å². The van der Waals surface area contributed by atoms with E-state index in [0.29, 0.717) is 13.0 Å². The van der Waals surface area contributed by atoms with E-state index < -0.39 is 0 Å². The van der Waals surface area contributed by atoms with Gasteiger partial charge in [-0.15, -0.1) is 0 Å². The van der Waals surface area contributed by atoms with Crippen LogP contribution >= 0.6 is 0 Å². The van der Waals surface area contributed by atoms with Crippen molar-refractivity contribution in [1.29, 1.82) is 0 Å². The molecule has 21 heavy (non-hydrogen) atoms. The van der Waals surface area contributed by atoms with Gasteiger partial charge >= 0.3 is 0 Å². The Morgan fingerprint density at radius 3 is 2.29 bits per heavy atom. The zero-order valence-electron chi connectivity index (χ0n) is 12.9. The van der Waals surface area contributed by atoms with Crippen molar-refractivity contribution >= 4 is 11.8 Å². The first-order valence-electron chi connectivity index (χ1n) is 7.79. The Balaban J connectivity index is 2.08. The van der Waals surface area contributed by atoms with E-state index in [1.165, 1.54) is 4.90 Å². The van der Waals surface area contributed by atoms with Gasteiger partial charge in [0.15, 0.2) is 0 Å². The first-order valence-corrected chi connectivity index (χ1v) is 7.79. The molecule has 0 N–H and O–H groups in total. The van der Waals surface area contributed by atoms with Crippen LogP contribution < -0.4 is 0 Å². The lowest BCUT2D eigenvalue weighted by Crippen LogP contribution is -2.42. The van der Waals surface area contributed by atoms with Crippen LogP contribution in [0.3, 0.4) is 0 Å². The summed E-state index contributed by atoms with van der Waals surface area (Å²) in [5, 5.41) is 0. The van der Waals surface area contributed by atoms with Gasteiger partial charge in [-0.3, -0.25) is 19.4 Å². The summed E-state index contributed by atoms with van der Waals surface area (Å²) in [5.41, 5.74) is 0.998. The van der Waals surface area contributed by atoms with Crippen molar-refractivity contribution in [3.63, 3.8) is 0 Å². The first-order chi connectivity index (χ1) is 10.2. The monoisotopic (exact) mass is 288 g/mol. The second kappa shape index (κ2) is 7.36. The van der Waals surface area contributed by atoms with E-state index in [4.69, 9.17) is 0 Å². The van der Waals surface area contributed by atoms with Crippen LogP contribution in [-0.4, -0.2) is 40.7 Å². The van der Waals surface area contributed by atoms with Crippen LogP contribution in [0.25, 0.3) is 0 Å². The fourth-order valence-electron chi connectivity index (χ4n) is 2.88. The van der Waals surface area contributed by atoms with Gasteiger partial charge in [0.05, 0.1) is 19.0 Å². The molecule has 1 atom stereocenters. The smallest absolute Gasteiger partial charge is 0.247 e. The summed E-state index contributed by atoms with van der Waals surface area (Å²) in [6.07, 6.45) is 2.32. The van der Waals surface area contributed by atoms with Crippen molar-refractivity contribution in [2.45, 2.75) is 45.7 Å². The van der Waals surface area contributed by atoms with E-state index in [-0.39, 0.29) is 17.9 Å². The number of imide groups is 1. The average molecular weight is 288 g/mol. The molecule has 1 aliphatic rings. The minimum atomic E-state index is -0.263. The molecule has 4 nitrogen and oxygen atoms in total. The molecule has 0 unspecified atom stereocenters. The highest BCUT2D eigenvalue weighted by atomic mass is 16.2. The van der Waals surface area contributed by atoms with Crippen LogP contribution in [0.2, 0.25) is 0 Å². The van der Waals surface area contributed by atoms with Crippen molar-refractivity contribution in [3.8, 4) is 0 Å². The molecule has 2 amide bonds. The normalized spacial score (nSPS) is 18.8. The highest BCUT2D eigenvalue weighted by Crippen LogP contribution is 2.21. The number of carbonyl (C=O) groups excluding carboxylic acids is 2. The summed E-state index contributed by atoms with van der Waals surface area (Å²) >= 11 is 0. The zero-order valence-corrected chi connectivity index (χ0v) is 12.9. The van der Waals surface area contributed by atoms with Crippen molar-refractivity contribution < 1.29 is 9.59 Å². The number of benzene rings is 1. The van der Waals surface area contributed by atoms with Crippen molar-refractivity contribution in [2.24, 2.45) is 0 Å². The molecule has 1 heterocycles. The maximum atomic E-state index is 12.6. The predicted molar refractivity (Wildman–Crippen MR) is 82.6 cm³/mol. The summed E-state index contributed by atoms with van der Waals surface area (Å²) in [6, 6.07) is 9.43. The SMILES string of the molecule is CCCN(CCC)[C@@H]1CC(=O)N(Cc2ccccc2)C1=O. The first kappa shape index (κ1) is 15.7. The van der Waals surface area contributed by atoms with Crippen LogP contribution in [0, 0.1) is 0 Å². The molecule has 1 aromatic carbocycles. The van der Waals surface area contributed by atoms with Crippen molar-refractivity contribution in [1.82, 2.24) is 9.80 Å². The maximum absolute atomic E-state index is 12.6. The Hall–Kier alpha value is -1.68. The highest BCUT2D eigenvalue weighted by molar-refractivity contribution is 6.05. The van der Waals surface area contributed by atoms with Crippen LogP contribution in [0.1, 0.15) is 38.7 Å². The Labute approximate surface area is 126 Å². The topological polar surface area (TPSA) is 40.6 Å². The Bertz CT molecular complexity index is 481. The largest absolute Gasteiger partial charge is 0.292 e.